The SMILES string of the molecule is CC(C(=O)NC(C)(C)C)N1CCN(c2ccnc3nncn23)CC1. The van der Waals surface area contributed by atoms with Crippen LogP contribution in [0.2, 0.25) is 0 Å². The summed E-state index contributed by atoms with van der Waals surface area (Å²) in [6.45, 7) is 11.4. The average molecular weight is 331 g/mol. The molecule has 8 heteroatoms. The molecule has 0 spiro atoms. The van der Waals surface area contributed by atoms with Crippen molar-refractivity contribution in [3.05, 3.63) is 18.6 Å². The molecule has 1 aliphatic rings. The van der Waals surface area contributed by atoms with Gasteiger partial charge in [-0.15, -0.1) is 10.2 Å². The molecular weight excluding hydrogens is 306 g/mol. The Morgan fingerprint density at radius 1 is 1.25 bits per heavy atom. The molecule has 1 aliphatic heterocycles. The van der Waals surface area contributed by atoms with Crippen molar-refractivity contribution in [1.29, 1.82) is 0 Å². The minimum absolute atomic E-state index is 0.0843. The quantitative estimate of drug-likeness (QED) is 0.885. The van der Waals surface area contributed by atoms with E-state index in [4.69, 9.17) is 0 Å². The summed E-state index contributed by atoms with van der Waals surface area (Å²) in [6.07, 6.45) is 3.44. The van der Waals surface area contributed by atoms with Gasteiger partial charge in [-0.05, 0) is 33.8 Å². The van der Waals surface area contributed by atoms with Crippen LogP contribution >= 0.6 is 0 Å². The second-order valence-corrected chi connectivity index (χ2v) is 7.24. The highest BCUT2D eigenvalue weighted by atomic mass is 16.2. The van der Waals surface area contributed by atoms with Crippen molar-refractivity contribution in [2.24, 2.45) is 0 Å². The Hall–Kier alpha value is -2.22. The molecule has 0 saturated carbocycles. The molecular formula is C16H25N7O. The Morgan fingerprint density at radius 3 is 2.62 bits per heavy atom. The maximum Gasteiger partial charge on any atom is 0.256 e. The van der Waals surface area contributed by atoms with E-state index in [2.05, 4.69) is 30.3 Å². The van der Waals surface area contributed by atoms with E-state index >= 15 is 0 Å². The van der Waals surface area contributed by atoms with Crippen LogP contribution in [0.15, 0.2) is 18.6 Å². The average Bonchev–Trinajstić information content (AvgIpc) is 3.01. The van der Waals surface area contributed by atoms with Crippen molar-refractivity contribution in [2.45, 2.75) is 39.3 Å². The molecule has 2 aromatic rings. The summed E-state index contributed by atoms with van der Waals surface area (Å²) >= 11 is 0. The number of hydrogen-bond acceptors (Lipinski definition) is 6. The predicted octanol–water partition coefficient (Wildman–Crippen LogP) is 0.550. The molecule has 0 aromatic carbocycles. The van der Waals surface area contributed by atoms with Crippen LogP contribution in [-0.4, -0.2) is 68.1 Å². The zero-order valence-corrected chi connectivity index (χ0v) is 14.7. The van der Waals surface area contributed by atoms with E-state index in [1.165, 1.54) is 0 Å². The minimum atomic E-state index is -0.204. The highest BCUT2D eigenvalue weighted by Gasteiger charge is 2.28. The van der Waals surface area contributed by atoms with E-state index in [1.807, 2.05) is 38.2 Å². The maximum atomic E-state index is 12.4. The standard InChI is InChI=1S/C16H25N7O/c1-12(14(24)19-16(2,3)4)21-7-9-22(10-8-21)13-5-6-17-15-20-18-11-23(13)15/h5-6,11-12H,7-10H2,1-4H3,(H,19,24). The maximum absolute atomic E-state index is 12.4. The number of piperazine rings is 1. The van der Waals surface area contributed by atoms with Crippen LogP contribution in [-0.2, 0) is 4.79 Å². The summed E-state index contributed by atoms with van der Waals surface area (Å²) in [5.74, 6) is 1.73. The Balaban J connectivity index is 1.63. The lowest BCUT2D eigenvalue weighted by molar-refractivity contribution is -0.127. The molecule has 130 valence electrons. The first-order chi connectivity index (χ1) is 11.3. The summed E-state index contributed by atoms with van der Waals surface area (Å²) in [5, 5.41) is 11.0. The normalized spacial score (nSPS) is 17.9. The number of aromatic nitrogens is 4. The molecule has 3 heterocycles. The molecule has 3 rings (SSSR count). The number of nitrogens with zero attached hydrogens (tertiary/aromatic N) is 6. The van der Waals surface area contributed by atoms with Crippen molar-refractivity contribution in [2.75, 3.05) is 31.1 Å². The fraction of sp³-hybridized carbons (Fsp3) is 0.625. The fourth-order valence-corrected chi connectivity index (χ4v) is 2.97. The van der Waals surface area contributed by atoms with Crippen LogP contribution in [0, 0.1) is 0 Å². The van der Waals surface area contributed by atoms with Gasteiger partial charge in [-0.1, -0.05) is 0 Å². The van der Waals surface area contributed by atoms with Crippen molar-refractivity contribution >= 4 is 17.5 Å². The van der Waals surface area contributed by atoms with Gasteiger partial charge in [-0.2, -0.15) is 0 Å². The molecule has 0 bridgehead atoms. The number of amides is 1. The largest absolute Gasteiger partial charge is 0.355 e. The van der Waals surface area contributed by atoms with Crippen LogP contribution < -0.4 is 10.2 Å². The lowest BCUT2D eigenvalue weighted by atomic mass is 10.1. The third kappa shape index (κ3) is 3.48. The van der Waals surface area contributed by atoms with E-state index < -0.39 is 0 Å². The second kappa shape index (κ2) is 6.35. The third-order valence-electron chi connectivity index (χ3n) is 4.25. The van der Waals surface area contributed by atoms with Gasteiger partial charge in [-0.3, -0.25) is 14.1 Å². The van der Waals surface area contributed by atoms with Crippen LogP contribution in [0.25, 0.3) is 5.78 Å². The molecule has 0 radical (unpaired) electrons. The number of rotatable bonds is 3. The Kier molecular flexibility index (Phi) is 4.40. The van der Waals surface area contributed by atoms with Crippen LogP contribution in [0.3, 0.4) is 0 Å². The minimum Gasteiger partial charge on any atom is -0.355 e. The Morgan fingerprint density at radius 2 is 1.96 bits per heavy atom. The van der Waals surface area contributed by atoms with Crippen LogP contribution in [0.5, 0.6) is 0 Å². The smallest absolute Gasteiger partial charge is 0.256 e. The summed E-state index contributed by atoms with van der Waals surface area (Å²) < 4.78 is 1.89. The number of fused-ring (bicyclic) bond motifs is 1. The summed E-state index contributed by atoms with van der Waals surface area (Å²) in [5.41, 5.74) is -0.204. The third-order valence-corrected chi connectivity index (χ3v) is 4.25. The van der Waals surface area contributed by atoms with E-state index in [1.54, 1.807) is 12.5 Å². The summed E-state index contributed by atoms with van der Waals surface area (Å²) in [7, 11) is 0. The van der Waals surface area contributed by atoms with Gasteiger partial charge in [0.25, 0.3) is 5.78 Å². The topological polar surface area (TPSA) is 78.7 Å². The monoisotopic (exact) mass is 331 g/mol. The summed E-state index contributed by atoms with van der Waals surface area (Å²) in [4.78, 5) is 21.1. The van der Waals surface area contributed by atoms with Gasteiger partial charge in [0.05, 0.1) is 6.04 Å². The van der Waals surface area contributed by atoms with Gasteiger partial charge >= 0.3 is 0 Å². The zero-order chi connectivity index (χ0) is 17.3. The number of anilines is 1. The lowest BCUT2D eigenvalue weighted by Crippen LogP contribution is -2.56. The Labute approximate surface area is 141 Å². The molecule has 1 fully saturated rings. The van der Waals surface area contributed by atoms with Gasteiger partial charge in [-0.25, -0.2) is 4.98 Å². The lowest BCUT2D eigenvalue weighted by Gasteiger charge is -2.39. The van der Waals surface area contributed by atoms with Gasteiger partial charge in [0.15, 0.2) is 0 Å². The fourth-order valence-electron chi connectivity index (χ4n) is 2.97. The predicted molar refractivity (Wildman–Crippen MR) is 91.9 cm³/mol. The van der Waals surface area contributed by atoms with E-state index in [-0.39, 0.29) is 17.5 Å². The number of hydrogen-bond donors (Lipinski definition) is 1. The van der Waals surface area contributed by atoms with Crippen molar-refractivity contribution < 1.29 is 4.79 Å². The molecule has 1 saturated heterocycles. The number of nitrogens with one attached hydrogen (secondary N) is 1. The van der Waals surface area contributed by atoms with Gasteiger partial charge < -0.3 is 10.2 Å². The van der Waals surface area contributed by atoms with E-state index in [0.29, 0.717) is 5.78 Å². The second-order valence-electron chi connectivity index (χ2n) is 7.24. The molecule has 8 nitrogen and oxygen atoms in total. The highest BCUT2D eigenvalue weighted by Crippen LogP contribution is 2.17. The molecule has 0 aliphatic carbocycles. The Bertz CT molecular complexity index is 713. The molecule has 1 amide bonds. The molecule has 1 N–H and O–H groups in total. The molecule has 1 unspecified atom stereocenters. The number of carbonyl (C=O) groups is 1. The summed E-state index contributed by atoms with van der Waals surface area (Å²) in [6, 6.07) is 1.85. The van der Waals surface area contributed by atoms with Crippen molar-refractivity contribution in [3.63, 3.8) is 0 Å². The highest BCUT2D eigenvalue weighted by molar-refractivity contribution is 5.82. The zero-order valence-electron chi connectivity index (χ0n) is 14.7. The first-order valence-electron chi connectivity index (χ1n) is 8.31. The van der Waals surface area contributed by atoms with Gasteiger partial charge in [0.1, 0.15) is 12.1 Å². The van der Waals surface area contributed by atoms with Crippen molar-refractivity contribution in [3.8, 4) is 0 Å². The first kappa shape index (κ1) is 16.6. The van der Waals surface area contributed by atoms with Gasteiger partial charge in [0.2, 0.25) is 5.91 Å². The molecule has 24 heavy (non-hydrogen) atoms. The van der Waals surface area contributed by atoms with E-state index in [0.717, 1.165) is 32.0 Å². The molecule has 2 aromatic heterocycles. The molecule has 1 atom stereocenters. The van der Waals surface area contributed by atoms with E-state index in [9.17, 15) is 4.79 Å². The number of carbonyl (C=O) groups excluding carboxylic acids is 1. The van der Waals surface area contributed by atoms with Crippen LogP contribution in [0.4, 0.5) is 5.82 Å². The van der Waals surface area contributed by atoms with Crippen molar-refractivity contribution in [1.82, 2.24) is 29.8 Å². The van der Waals surface area contributed by atoms with Crippen LogP contribution in [0.1, 0.15) is 27.7 Å². The first-order valence-corrected chi connectivity index (χ1v) is 8.31. The van der Waals surface area contributed by atoms with Gasteiger partial charge in [0, 0.05) is 37.9 Å².